The van der Waals surface area contributed by atoms with Crippen molar-refractivity contribution >= 4 is 5.95 Å². The Labute approximate surface area is 125 Å². The van der Waals surface area contributed by atoms with E-state index in [2.05, 4.69) is 10.3 Å². The summed E-state index contributed by atoms with van der Waals surface area (Å²) in [5.41, 5.74) is 1.57. The molecule has 4 nitrogen and oxygen atoms in total. The Balaban J connectivity index is 2.17. The lowest BCUT2D eigenvalue weighted by Crippen LogP contribution is -2.14. The van der Waals surface area contributed by atoms with Gasteiger partial charge in [-0.2, -0.15) is 0 Å². The molecule has 1 unspecified atom stereocenters. The maximum absolute atomic E-state index is 13.9. The summed E-state index contributed by atoms with van der Waals surface area (Å²) in [6.45, 7) is 5.38. The largest absolute Gasteiger partial charge is 0.385 e. The third-order valence-corrected chi connectivity index (χ3v) is 3.43. The van der Waals surface area contributed by atoms with Crippen LogP contribution in [-0.4, -0.2) is 29.8 Å². The molecule has 1 aromatic carbocycles. The average Bonchev–Trinajstić information content (AvgIpc) is 2.84. The number of imidazole rings is 1. The van der Waals surface area contributed by atoms with Gasteiger partial charge in [-0.1, -0.05) is 18.2 Å². The molecule has 0 bridgehead atoms. The van der Waals surface area contributed by atoms with Gasteiger partial charge < -0.3 is 14.6 Å². The summed E-state index contributed by atoms with van der Waals surface area (Å²) in [5.74, 6) is 0.570. The van der Waals surface area contributed by atoms with Crippen LogP contribution in [0.15, 0.2) is 30.5 Å². The molecule has 1 atom stereocenters. The van der Waals surface area contributed by atoms with Crippen molar-refractivity contribution < 1.29 is 9.13 Å². The second kappa shape index (κ2) is 7.22. The van der Waals surface area contributed by atoms with Gasteiger partial charge in [-0.3, -0.25) is 0 Å². The van der Waals surface area contributed by atoms with Crippen molar-refractivity contribution in [1.29, 1.82) is 0 Å². The quantitative estimate of drug-likeness (QED) is 0.795. The van der Waals surface area contributed by atoms with Crippen LogP contribution in [0.2, 0.25) is 0 Å². The summed E-state index contributed by atoms with van der Waals surface area (Å²) in [4.78, 5) is 4.47. The molecular formula is C16H22FN3O. The number of rotatable bonds is 7. The molecule has 5 heteroatoms. The summed E-state index contributed by atoms with van der Waals surface area (Å²) in [7, 11) is 1.69. The van der Waals surface area contributed by atoms with E-state index in [-0.39, 0.29) is 11.9 Å². The first-order valence-corrected chi connectivity index (χ1v) is 7.16. The monoisotopic (exact) mass is 291 g/mol. The molecule has 0 saturated heterocycles. The Morgan fingerprint density at radius 1 is 1.38 bits per heavy atom. The molecule has 0 fully saturated rings. The van der Waals surface area contributed by atoms with Crippen LogP contribution in [0.3, 0.4) is 0 Å². The zero-order valence-corrected chi connectivity index (χ0v) is 12.8. The van der Waals surface area contributed by atoms with Crippen molar-refractivity contribution in [2.45, 2.75) is 26.3 Å². The smallest absolute Gasteiger partial charge is 0.203 e. The lowest BCUT2D eigenvalue weighted by Gasteiger charge is -2.18. The lowest BCUT2D eigenvalue weighted by molar-refractivity contribution is 0.197. The zero-order chi connectivity index (χ0) is 15.2. The fourth-order valence-electron chi connectivity index (χ4n) is 2.32. The third-order valence-electron chi connectivity index (χ3n) is 3.43. The Kier molecular flexibility index (Phi) is 5.33. The van der Waals surface area contributed by atoms with Crippen LogP contribution in [0.5, 0.6) is 0 Å². The van der Waals surface area contributed by atoms with E-state index in [0.29, 0.717) is 12.2 Å². The van der Waals surface area contributed by atoms with E-state index in [1.807, 2.05) is 36.7 Å². The van der Waals surface area contributed by atoms with Crippen LogP contribution in [0, 0.1) is 12.7 Å². The predicted octanol–water partition coefficient (Wildman–Crippen LogP) is 3.39. The number of methoxy groups -OCH3 is 1. The predicted molar refractivity (Wildman–Crippen MR) is 82.2 cm³/mol. The normalized spacial score (nSPS) is 12.4. The number of nitrogens with one attached hydrogen (secondary N) is 1. The second-order valence-corrected chi connectivity index (χ2v) is 5.08. The van der Waals surface area contributed by atoms with Crippen molar-refractivity contribution in [2.24, 2.45) is 0 Å². The first-order valence-electron chi connectivity index (χ1n) is 7.16. The van der Waals surface area contributed by atoms with Gasteiger partial charge in [-0.15, -0.1) is 0 Å². The summed E-state index contributed by atoms with van der Waals surface area (Å²) in [5, 5.41) is 3.29. The summed E-state index contributed by atoms with van der Waals surface area (Å²) in [6, 6.07) is 6.74. The molecule has 0 radical (unpaired) electrons. The molecule has 1 heterocycles. The highest BCUT2D eigenvalue weighted by molar-refractivity contribution is 5.33. The van der Waals surface area contributed by atoms with Gasteiger partial charge in [-0.25, -0.2) is 9.37 Å². The molecule has 2 aromatic rings. The fourth-order valence-corrected chi connectivity index (χ4v) is 2.32. The molecule has 21 heavy (non-hydrogen) atoms. The van der Waals surface area contributed by atoms with Gasteiger partial charge in [0.1, 0.15) is 5.82 Å². The maximum atomic E-state index is 13.9. The van der Waals surface area contributed by atoms with E-state index in [1.165, 1.54) is 6.07 Å². The highest BCUT2D eigenvalue weighted by atomic mass is 19.1. The number of halogens is 1. The van der Waals surface area contributed by atoms with Gasteiger partial charge in [0, 0.05) is 32.0 Å². The number of aromatic nitrogens is 2. The van der Waals surface area contributed by atoms with E-state index < -0.39 is 0 Å². The van der Waals surface area contributed by atoms with E-state index in [4.69, 9.17) is 4.74 Å². The standard InChI is InChI=1S/C16H22FN3O/c1-12-11-20(16(19-12)18-9-6-10-21-3)13(2)14-7-4-5-8-15(14)17/h4-5,7-8,11,13H,6,9-10H2,1-3H3,(H,18,19). The van der Waals surface area contributed by atoms with Gasteiger partial charge in [0.25, 0.3) is 0 Å². The van der Waals surface area contributed by atoms with Gasteiger partial charge in [0.2, 0.25) is 5.95 Å². The Morgan fingerprint density at radius 2 is 2.14 bits per heavy atom. The van der Waals surface area contributed by atoms with Gasteiger partial charge in [0.15, 0.2) is 0 Å². The van der Waals surface area contributed by atoms with Gasteiger partial charge in [-0.05, 0) is 26.3 Å². The molecule has 0 spiro atoms. The second-order valence-electron chi connectivity index (χ2n) is 5.08. The molecular weight excluding hydrogens is 269 g/mol. The number of hydrogen-bond acceptors (Lipinski definition) is 3. The number of anilines is 1. The summed E-state index contributed by atoms with van der Waals surface area (Å²) in [6.07, 6.45) is 2.84. The Bertz CT molecular complexity index is 583. The Hall–Kier alpha value is -1.88. The number of aryl methyl sites for hydroxylation is 1. The number of nitrogens with zero attached hydrogens (tertiary/aromatic N) is 2. The lowest BCUT2D eigenvalue weighted by atomic mass is 10.1. The van der Waals surface area contributed by atoms with Gasteiger partial charge >= 0.3 is 0 Å². The molecule has 1 N–H and O–H groups in total. The van der Waals surface area contributed by atoms with Crippen LogP contribution >= 0.6 is 0 Å². The van der Waals surface area contributed by atoms with Crippen LogP contribution in [-0.2, 0) is 4.74 Å². The van der Waals surface area contributed by atoms with Crippen molar-refractivity contribution in [3.63, 3.8) is 0 Å². The average molecular weight is 291 g/mol. The molecule has 0 aliphatic carbocycles. The number of benzene rings is 1. The summed E-state index contributed by atoms with van der Waals surface area (Å²) >= 11 is 0. The minimum absolute atomic E-state index is 0.114. The van der Waals surface area contributed by atoms with E-state index in [0.717, 1.165) is 24.6 Å². The molecule has 0 saturated carbocycles. The van der Waals surface area contributed by atoms with Crippen LogP contribution in [0.4, 0.5) is 10.3 Å². The Morgan fingerprint density at radius 3 is 2.86 bits per heavy atom. The zero-order valence-electron chi connectivity index (χ0n) is 12.8. The summed E-state index contributed by atoms with van der Waals surface area (Å²) < 4.78 is 20.9. The van der Waals surface area contributed by atoms with E-state index in [9.17, 15) is 4.39 Å². The van der Waals surface area contributed by atoms with Crippen LogP contribution < -0.4 is 5.32 Å². The maximum Gasteiger partial charge on any atom is 0.203 e. The third kappa shape index (κ3) is 3.82. The minimum atomic E-state index is -0.193. The highest BCUT2D eigenvalue weighted by Gasteiger charge is 2.16. The topological polar surface area (TPSA) is 39.1 Å². The number of hydrogen-bond donors (Lipinski definition) is 1. The van der Waals surface area contributed by atoms with Crippen molar-refractivity contribution in [3.8, 4) is 0 Å². The van der Waals surface area contributed by atoms with Gasteiger partial charge in [0.05, 0.1) is 11.7 Å². The van der Waals surface area contributed by atoms with E-state index in [1.54, 1.807) is 13.2 Å². The van der Waals surface area contributed by atoms with Crippen LogP contribution in [0.25, 0.3) is 0 Å². The first-order chi connectivity index (χ1) is 10.1. The molecule has 0 amide bonds. The van der Waals surface area contributed by atoms with Crippen molar-refractivity contribution in [3.05, 3.63) is 47.5 Å². The highest BCUT2D eigenvalue weighted by Crippen LogP contribution is 2.24. The van der Waals surface area contributed by atoms with Crippen LogP contribution in [0.1, 0.15) is 30.6 Å². The fraction of sp³-hybridized carbons (Fsp3) is 0.438. The SMILES string of the molecule is COCCCNc1nc(C)cn1C(C)c1ccccc1F. The van der Waals surface area contributed by atoms with E-state index >= 15 is 0 Å². The van der Waals surface area contributed by atoms with Crippen molar-refractivity contribution in [1.82, 2.24) is 9.55 Å². The molecule has 1 aromatic heterocycles. The molecule has 2 rings (SSSR count). The minimum Gasteiger partial charge on any atom is -0.385 e. The van der Waals surface area contributed by atoms with Crippen molar-refractivity contribution in [2.75, 3.05) is 25.6 Å². The number of ether oxygens (including phenoxy) is 1. The molecule has 0 aliphatic heterocycles. The first kappa shape index (κ1) is 15.5. The molecule has 0 aliphatic rings. The molecule has 114 valence electrons.